The van der Waals surface area contributed by atoms with Gasteiger partial charge in [-0.05, 0) is 62.9 Å². The zero-order chi connectivity index (χ0) is 19.6. The van der Waals surface area contributed by atoms with Crippen LogP contribution in [-0.4, -0.2) is 48.0 Å². The number of rotatable bonds is 6. The number of hydrogen-bond acceptors (Lipinski definition) is 4. The van der Waals surface area contributed by atoms with Crippen LogP contribution in [0.2, 0.25) is 0 Å². The molecule has 1 aliphatic rings. The minimum absolute atomic E-state index is 0.209. The zero-order valence-corrected chi connectivity index (χ0v) is 16.8. The van der Waals surface area contributed by atoms with Gasteiger partial charge in [-0.15, -0.1) is 0 Å². The molecule has 0 aliphatic carbocycles. The maximum atomic E-state index is 12.5. The van der Waals surface area contributed by atoms with E-state index in [1.165, 1.54) is 16.4 Å². The highest BCUT2D eigenvalue weighted by Gasteiger charge is 2.27. The Morgan fingerprint density at radius 3 is 2.33 bits per heavy atom. The van der Waals surface area contributed by atoms with Crippen molar-refractivity contribution >= 4 is 15.9 Å². The second-order valence-corrected chi connectivity index (χ2v) is 8.85. The van der Waals surface area contributed by atoms with Crippen molar-refractivity contribution in [2.75, 3.05) is 19.6 Å². The molecule has 2 aromatic rings. The quantitative estimate of drug-likeness (QED) is 0.815. The molecule has 0 radical (unpaired) electrons. The van der Waals surface area contributed by atoms with E-state index in [-0.39, 0.29) is 10.8 Å². The molecule has 1 aliphatic heterocycles. The fourth-order valence-electron chi connectivity index (χ4n) is 3.44. The van der Waals surface area contributed by atoms with Crippen LogP contribution in [0.3, 0.4) is 0 Å². The molecule has 1 fully saturated rings. The molecule has 7 nitrogen and oxygen atoms in total. The number of amides is 1. The van der Waals surface area contributed by atoms with Gasteiger partial charge < -0.3 is 5.32 Å². The largest absolute Gasteiger partial charge is 0.352 e. The third kappa shape index (κ3) is 4.06. The van der Waals surface area contributed by atoms with E-state index >= 15 is 0 Å². The molecule has 0 bridgehead atoms. The fourth-order valence-corrected chi connectivity index (χ4v) is 4.96. The molecule has 2 heterocycles. The van der Waals surface area contributed by atoms with Crippen molar-refractivity contribution in [1.29, 1.82) is 0 Å². The summed E-state index contributed by atoms with van der Waals surface area (Å²) >= 11 is 0. The second-order valence-electron chi connectivity index (χ2n) is 6.91. The minimum atomic E-state index is -3.45. The van der Waals surface area contributed by atoms with Crippen LogP contribution in [0.25, 0.3) is 0 Å². The lowest BCUT2D eigenvalue weighted by molar-refractivity contribution is 0.0954. The van der Waals surface area contributed by atoms with Crippen LogP contribution in [-0.2, 0) is 23.5 Å². The monoisotopic (exact) mass is 390 g/mol. The lowest BCUT2D eigenvalue weighted by Crippen LogP contribution is -2.28. The van der Waals surface area contributed by atoms with Gasteiger partial charge >= 0.3 is 0 Å². The second kappa shape index (κ2) is 7.82. The summed E-state index contributed by atoms with van der Waals surface area (Å²) < 4.78 is 28.4. The molecule has 0 spiro atoms. The normalized spacial score (nSPS) is 15.2. The van der Waals surface area contributed by atoms with E-state index in [9.17, 15) is 13.2 Å². The van der Waals surface area contributed by atoms with Gasteiger partial charge in [0.1, 0.15) is 0 Å². The number of nitrogens with one attached hydrogen (secondary N) is 1. The molecule has 1 saturated heterocycles. The Balaban J connectivity index is 1.60. The number of benzene rings is 1. The fraction of sp³-hybridized carbons (Fsp3) is 0.474. The van der Waals surface area contributed by atoms with E-state index in [0.29, 0.717) is 31.6 Å². The van der Waals surface area contributed by atoms with E-state index in [2.05, 4.69) is 10.4 Å². The molecule has 8 heteroatoms. The number of aryl methyl sites for hydroxylation is 2. The number of carbonyl (C=O) groups is 1. The van der Waals surface area contributed by atoms with Crippen LogP contribution >= 0.6 is 0 Å². The van der Waals surface area contributed by atoms with E-state index < -0.39 is 10.0 Å². The van der Waals surface area contributed by atoms with Crippen LogP contribution in [0, 0.1) is 13.8 Å². The van der Waals surface area contributed by atoms with Gasteiger partial charge in [0.25, 0.3) is 5.91 Å². The Morgan fingerprint density at radius 1 is 1.15 bits per heavy atom. The van der Waals surface area contributed by atoms with E-state index in [1.54, 1.807) is 12.1 Å². The Labute approximate surface area is 160 Å². The van der Waals surface area contributed by atoms with Crippen molar-refractivity contribution in [2.24, 2.45) is 7.05 Å². The van der Waals surface area contributed by atoms with Crippen molar-refractivity contribution in [3.8, 4) is 0 Å². The first-order valence-electron chi connectivity index (χ1n) is 9.18. The predicted molar refractivity (Wildman–Crippen MR) is 103 cm³/mol. The van der Waals surface area contributed by atoms with Gasteiger partial charge in [-0.25, -0.2) is 8.42 Å². The molecular formula is C19H26N4O3S. The number of nitrogens with zero attached hydrogens (tertiary/aromatic N) is 3. The SMILES string of the molecule is Cc1nn(C)c(C)c1CCNC(=O)c1ccc(S(=O)(=O)N2CCCC2)cc1. The molecule has 146 valence electrons. The van der Waals surface area contributed by atoms with Crippen molar-refractivity contribution < 1.29 is 13.2 Å². The average Bonchev–Trinajstić information content (AvgIpc) is 3.27. The van der Waals surface area contributed by atoms with Crippen LogP contribution in [0.1, 0.15) is 40.2 Å². The van der Waals surface area contributed by atoms with Gasteiger partial charge in [-0.2, -0.15) is 9.40 Å². The van der Waals surface area contributed by atoms with Gasteiger partial charge in [-0.1, -0.05) is 0 Å². The molecule has 1 N–H and O–H groups in total. The molecule has 1 aromatic heterocycles. The summed E-state index contributed by atoms with van der Waals surface area (Å²) in [6, 6.07) is 6.16. The van der Waals surface area contributed by atoms with Gasteiger partial charge in [0, 0.05) is 37.9 Å². The first-order valence-corrected chi connectivity index (χ1v) is 10.6. The molecule has 0 unspecified atom stereocenters. The lowest BCUT2D eigenvalue weighted by Gasteiger charge is -2.15. The summed E-state index contributed by atoms with van der Waals surface area (Å²) in [6.07, 6.45) is 2.50. The smallest absolute Gasteiger partial charge is 0.251 e. The maximum absolute atomic E-state index is 12.5. The summed E-state index contributed by atoms with van der Waals surface area (Å²) in [6.45, 7) is 5.61. The minimum Gasteiger partial charge on any atom is -0.352 e. The Hall–Kier alpha value is -2.19. The number of hydrogen-bond donors (Lipinski definition) is 1. The Morgan fingerprint density at radius 2 is 1.78 bits per heavy atom. The predicted octanol–water partition coefficient (Wildman–Crippen LogP) is 1.79. The van der Waals surface area contributed by atoms with Gasteiger partial charge in [0.2, 0.25) is 10.0 Å². The van der Waals surface area contributed by atoms with Crippen LogP contribution < -0.4 is 5.32 Å². The summed E-state index contributed by atoms with van der Waals surface area (Å²) in [5.41, 5.74) is 3.67. The molecule has 27 heavy (non-hydrogen) atoms. The van der Waals surface area contributed by atoms with E-state index in [1.807, 2.05) is 25.6 Å². The van der Waals surface area contributed by atoms with Crippen LogP contribution in [0.5, 0.6) is 0 Å². The highest BCUT2D eigenvalue weighted by molar-refractivity contribution is 7.89. The first kappa shape index (κ1) is 19.6. The van der Waals surface area contributed by atoms with Gasteiger partial charge in [0.05, 0.1) is 10.6 Å². The van der Waals surface area contributed by atoms with Crippen molar-refractivity contribution in [3.63, 3.8) is 0 Å². The Kier molecular flexibility index (Phi) is 5.67. The highest BCUT2D eigenvalue weighted by Crippen LogP contribution is 2.21. The lowest BCUT2D eigenvalue weighted by atomic mass is 10.1. The molecule has 0 atom stereocenters. The van der Waals surface area contributed by atoms with Crippen molar-refractivity contribution in [1.82, 2.24) is 19.4 Å². The number of sulfonamides is 1. The molecule has 3 rings (SSSR count). The van der Waals surface area contributed by atoms with Gasteiger partial charge in [-0.3, -0.25) is 9.48 Å². The molecule has 1 aromatic carbocycles. The topological polar surface area (TPSA) is 84.3 Å². The number of aromatic nitrogens is 2. The molecule has 1 amide bonds. The maximum Gasteiger partial charge on any atom is 0.251 e. The third-order valence-electron chi connectivity index (χ3n) is 5.14. The molecule has 0 saturated carbocycles. The summed E-state index contributed by atoms with van der Waals surface area (Å²) in [5.74, 6) is -0.209. The average molecular weight is 391 g/mol. The van der Waals surface area contributed by atoms with E-state index in [0.717, 1.165) is 29.8 Å². The summed E-state index contributed by atoms with van der Waals surface area (Å²) in [5, 5.41) is 7.26. The summed E-state index contributed by atoms with van der Waals surface area (Å²) in [7, 11) is -1.54. The highest BCUT2D eigenvalue weighted by atomic mass is 32.2. The number of carbonyl (C=O) groups excluding carboxylic acids is 1. The Bertz CT molecular complexity index is 927. The summed E-state index contributed by atoms with van der Waals surface area (Å²) in [4.78, 5) is 12.6. The third-order valence-corrected chi connectivity index (χ3v) is 7.05. The molecular weight excluding hydrogens is 364 g/mol. The van der Waals surface area contributed by atoms with E-state index in [4.69, 9.17) is 0 Å². The van der Waals surface area contributed by atoms with Crippen molar-refractivity contribution in [2.45, 2.75) is 38.0 Å². The van der Waals surface area contributed by atoms with Crippen LogP contribution in [0.15, 0.2) is 29.2 Å². The van der Waals surface area contributed by atoms with Crippen LogP contribution in [0.4, 0.5) is 0 Å². The van der Waals surface area contributed by atoms with Gasteiger partial charge in [0.15, 0.2) is 0 Å². The standard InChI is InChI=1S/C19H26N4O3S/c1-14-18(15(2)22(3)21-14)10-11-20-19(24)16-6-8-17(9-7-16)27(25,26)23-12-4-5-13-23/h6-9H,4-5,10-13H2,1-3H3,(H,20,24). The van der Waals surface area contributed by atoms with Crippen molar-refractivity contribution in [3.05, 3.63) is 46.8 Å². The zero-order valence-electron chi connectivity index (χ0n) is 16.0. The first-order chi connectivity index (χ1) is 12.8.